The highest BCUT2D eigenvalue weighted by Crippen LogP contribution is 2.22. The van der Waals surface area contributed by atoms with Gasteiger partial charge in [0.2, 0.25) is 0 Å². The summed E-state index contributed by atoms with van der Waals surface area (Å²) in [6, 6.07) is 0. The van der Waals surface area contributed by atoms with Crippen molar-refractivity contribution in [1.29, 1.82) is 0 Å². The first kappa shape index (κ1) is 12.3. The second-order valence-corrected chi connectivity index (χ2v) is 5.16. The average Bonchev–Trinajstić information content (AvgIpc) is 2.65. The molecule has 2 atom stereocenters. The molecule has 0 spiro atoms. The van der Waals surface area contributed by atoms with Crippen molar-refractivity contribution in [3.63, 3.8) is 0 Å². The van der Waals surface area contributed by atoms with Crippen LogP contribution in [0.15, 0.2) is 0 Å². The topological polar surface area (TPSA) is 21.3 Å². The van der Waals surface area contributed by atoms with Gasteiger partial charge < -0.3 is 10.1 Å². The maximum Gasteiger partial charge on any atom is 0.0613 e. The Labute approximate surface area is 92.2 Å². The minimum Gasteiger partial charge on any atom is -0.378 e. The molecule has 0 aromatic rings. The Bertz CT molecular complexity index is 143. The second-order valence-electron chi connectivity index (χ2n) is 3.77. The molecule has 14 heavy (non-hydrogen) atoms. The number of hydrogen-bond donors (Lipinski definition) is 1. The molecule has 2 unspecified atom stereocenters. The molecule has 1 heterocycles. The van der Waals surface area contributed by atoms with Gasteiger partial charge in [0.05, 0.1) is 6.10 Å². The molecule has 0 bridgehead atoms. The van der Waals surface area contributed by atoms with Gasteiger partial charge in [0.25, 0.3) is 0 Å². The van der Waals surface area contributed by atoms with E-state index < -0.39 is 0 Å². The number of rotatable bonds is 7. The fraction of sp³-hybridized carbons (Fsp3) is 1.00. The largest absolute Gasteiger partial charge is 0.378 e. The van der Waals surface area contributed by atoms with Crippen LogP contribution in [0.1, 0.15) is 26.7 Å². The van der Waals surface area contributed by atoms with E-state index in [2.05, 4.69) is 19.2 Å². The predicted molar refractivity (Wildman–Crippen MR) is 64.0 cm³/mol. The van der Waals surface area contributed by atoms with Crippen LogP contribution >= 0.6 is 11.8 Å². The molecule has 0 amide bonds. The maximum absolute atomic E-state index is 5.65. The molecule has 84 valence electrons. The Morgan fingerprint density at radius 2 is 2.29 bits per heavy atom. The van der Waals surface area contributed by atoms with Crippen LogP contribution in [0.25, 0.3) is 0 Å². The van der Waals surface area contributed by atoms with E-state index in [1.807, 2.05) is 11.8 Å². The van der Waals surface area contributed by atoms with E-state index in [-0.39, 0.29) is 0 Å². The van der Waals surface area contributed by atoms with Crippen molar-refractivity contribution in [2.45, 2.75) is 32.8 Å². The highest BCUT2D eigenvalue weighted by atomic mass is 32.2. The van der Waals surface area contributed by atoms with Gasteiger partial charge in [0.15, 0.2) is 0 Å². The summed E-state index contributed by atoms with van der Waals surface area (Å²) in [5, 5.41) is 3.53. The van der Waals surface area contributed by atoms with Crippen LogP contribution in [0.4, 0.5) is 0 Å². The highest BCUT2D eigenvalue weighted by Gasteiger charge is 2.25. The summed E-state index contributed by atoms with van der Waals surface area (Å²) in [5.74, 6) is 3.22. The minimum atomic E-state index is 0.515. The van der Waals surface area contributed by atoms with Crippen LogP contribution in [0, 0.1) is 5.92 Å². The normalized spacial score (nSPS) is 27.0. The van der Waals surface area contributed by atoms with Crippen molar-refractivity contribution < 1.29 is 4.74 Å². The zero-order chi connectivity index (χ0) is 10.2. The summed E-state index contributed by atoms with van der Waals surface area (Å²) in [5.41, 5.74) is 0. The van der Waals surface area contributed by atoms with E-state index in [9.17, 15) is 0 Å². The molecule has 1 fully saturated rings. The van der Waals surface area contributed by atoms with Crippen molar-refractivity contribution in [3.8, 4) is 0 Å². The third-order valence-corrected chi connectivity index (χ3v) is 3.68. The van der Waals surface area contributed by atoms with Crippen LogP contribution in [0.3, 0.4) is 0 Å². The van der Waals surface area contributed by atoms with Crippen LogP contribution < -0.4 is 5.32 Å². The molecule has 0 aromatic heterocycles. The van der Waals surface area contributed by atoms with Gasteiger partial charge in [-0.2, -0.15) is 11.8 Å². The van der Waals surface area contributed by atoms with Gasteiger partial charge in [-0.15, -0.1) is 0 Å². The van der Waals surface area contributed by atoms with Gasteiger partial charge in [-0.3, -0.25) is 0 Å². The summed E-state index contributed by atoms with van der Waals surface area (Å²) in [4.78, 5) is 0. The molecule has 0 aliphatic carbocycles. The smallest absolute Gasteiger partial charge is 0.0613 e. The molecular weight excluding hydrogens is 194 g/mol. The third-order valence-electron chi connectivity index (χ3n) is 2.78. The Morgan fingerprint density at radius 1 is 1.43 bits per heavy atom. The lowest BCUT2D eigenvalue weighted by Gasteiger charge is -2.17. The Kier molecular flexibility index (Phi) is 6.65. The van der Waals surface area contributed by atoms with Crippen LogP contribution in [-0.2, 0) is 4.74 Å². The van der Waals surface area contributed by atoms with Gasteiger partial charge >= 0.3 is 0 Å². The Hall–Kier alpha value is 0.270. The molecule has 1 aliphatic rings. The van der Waals surface area contributed by atoms with Gasteiger partial charge in [0.1, 0.15) is 0 Å². The van der Waals surface area contributed by atoms with E-state index in [1.54, 1.807) is 0 Å². The molecular formula is C11H23NOS. The van der Waals surface area contributed by atoms with Crippen molar-refractivity contribution in [2.24, 2.45) is 5.92 Å². The molecule has 1 saturated heterocycles. The van der Waals surface area contributed by atoms with E-state index in [0.717, 1.165) is 32.0 Å². The molecule has 1 rings (SSSR count). The third kappa shape index (κ3) is 4.20. The van der Waals surface area contributed by atoms with Crippen molar-refractivity contribution >= 4 is 11.8 Å². The zero-order valence-electron chi connectivity index (χ0n) is 9.42. The summed E-state index contributed by atoms with van der Waals surface area (Å²) >= 11 is 2.00. The maximum atomic E-state index is 5.65. The first-order valence-electron chi connectivity index (χ1n) is 5.78. The Balaban J connectivity index is 2.00. The lowest BCUT2D eigenvalue weighted by molar-refractivity contribution is 0.0874. The molecule has 3 heteroatoms. The van der Waals surface area contributed by atoms with Gasteiger partial charge in [-0.05, 0) is 24.5 Å². The van der Waals surface area contributed by atoms with Crippen molar-refractivity contribution in [1.82, 2.24) is 5.32 Å². The quantitative estimate of drug-likeness (QED) is 0.660. The monoisotopic (exact) mass is 217 g/mol. The van der Waals surface area contributed by atoms with E-state index in [0.29, 0.717) is 6.10 Å². The summed E-state index contributed by atoms with van der Waals surface area (Å²) in [6.45, 7) is 7.68. The fourth-order valence-electron chi connectivity index (χ4n) is 1.95. The van der Waals surface area contributed by atoms with Gasteiger partial charge in [-0.25, -0.2) is 0 Å². The average molecular weight is 217 g/mol. The van der Waals surface area contributed by atoms with E-state index in [4.69, 9.17) is 4.74 Å². The summed E-state index contributed by atoms with van der Waals surface area (Å²) in [6.07, 6.45) is 2.92. The SMILES string of the molecule is CCSCCNCC1CCOC1CC. The van der Waals surface area contributed by atoms with Crippen molar-refractivity contribution in [3.05, 3.63) is 0 Å². The number of nitrogens with one attached hydrogen (secondary N) is 1. The van der Waals surface area contributed by atoms with E-state index in [1.165, 1.54) is 17.9 Å². The minimum absolute atomic E-state index is 0.515. The first-order valence-corrected chi connectivity index (χ1v) is 6.94. The number of ether oxygens (including phenoxy) is 1. The zero-order valence-corrected chi connectivity index (χ0v) is 10.2. The predicted octanol–water partition coefficient (Wildman–Crippen LogP) is 2.14. The Morgan fingerprint density at radius 3 is 3.00 bits per heavy atom. The summed E-state index contributed by atoms with van der Waals surface area (Å²) < 4.78 is 5.65. The lowest BCUT2D eigenvalue weighted by Crippen LogP contribution is -2.29. The van der Waals surface area contributed by atoms with Crippen LogP contribution in [0.5, 0.6) is 0 Å². The summed E-state index contributed by atoms with van der Waals surface area (Å²) in [7, 11) is 0. The molecule has 2 nitrogen and oxygen atoms in total. The lowest BCUT2D eigenvalue weighted by atomic mass is 10.00. The highest BCUT2D eigenvalue weighted by molar-refractivity contribution is 7.99. The van der Waals surface area contributed by atoms with Gasteiger partial charge in [0, 0.05) is 25.4 Å². The number of hydrogen-bond acceptors (Lipinski definition) is 3. The second kappa shape index (κ2) is 7.55. The van der Waals surface area contributed by atoms with Gasteiger partial charge in [-0.1, -0.05) is 13.8 Å². The standard InChI is InChI=1S/C11H23NOS/c1-3-11-10(5-7-13-11)9-12-6-8-14-4-2/h10-12H,3-9H2,1-2H3. The molecule has 0 saturated carbocycles. The molecule has 0 radical (unpaired) electrons. The van der Waals surface area contributed by atoms with E-state index >= 15 is 0 Å². The van der Waals surface area contributed by atoms with Crippen molar-refractivity contribution in [2.75, 3.05) is 31.2 Å². The van der Waals surface area contributed by atoms with Crippen LogP contribution in [0.2, 0.25) is 0 Å². The first-order chi connectivity index (χ1) is 6.88. The van der Waals surface area contributed by atoms with Crippen LogP contribution in [-0.4, -0.2) is 37.3 Å². The fourth-order valence-corrected chi connectivity index (χ4v) is 2.53. The molecule has 0 aromatic carbocycles. The molecule has 1 N–H and O–H groups in total. The number of thioether (sulfide) groups is 1. The molecule has 1 aliphatic heterocycles.